The van der Waals surface area contributed by atoms with Gasteiger partial charge in [0.1, 0.15) is 22.6 Å². The molecule has 0 radical (unpaired) electrons. The van der Waals surface area contributed by atoms with Crippen molar-refractivity contribution in [3.05, 3.63) is 86.7 Å². The normalized spacial score (nSPS) is 12.6. The highest BCUT2D eigenvalue weighted by Gasteiger charge is 2.23. The fraction of sp³-hybridized carbons (Fsp3) is 0.290. The Morgan fingerprint density at radius 2 is 1.87 bits per heavy atom. The van der Waals surface area contributed by atoms with Gasteiger partial charge in [0.25, 0.3) is 0 Å². The van der Waals surface area contributed by atoms with Crippen LogP contribution in [0.4, 0.5) is 11.4 Å². The van der Waals surface area contributed by atoms with Crippen LogP contribution >= 0.6 is 0 Å². The molecule has 0 amide bonds. The van der Waals surface area contributed by atoms with Gasteiger partial charge in [0, 0.05) is 30.1 Å². The van der Waals surface area contributed by atoms with Crippen molar-refractivity contribution in [2.45, 2.75) is 53.2 Å². The summed E-state index contributed by atoms with van der Waals surface area (Å²) in [6.45, 7) is 11.1. The largest absolute Gasteiger partial charge is 0.456 e. The second kappa shape index (κ2) is 10.7. The number of pyridine rings is 1. The van der Waals surface area contributed by atoms with E-state index in [4.69, 9.17) is 14.9 Å². The van der Waals surface area contributed by atoms with Crippen LogP contribution in [0.2, 0.25) is 0 Å². The van der Waals surface area contributed by atoms with Crippen LogP contribution in [-0.2, 0) is 4.74 Å². The van der Waals surface area contributed by atoms with Crippen molar-refractivity contribution >= 4 is 34.5 Å². The number of nitrogen functional groups attached to an aromatic ring is 1. The van der Waals surface area contributed by atoms with E-state index in [1.807, 2.05) is 58.9 Å². The zero-order chi connectivity index (χ0) is 28.5. The molecule has 2 aromatic carbocycles. The first-order valence-corrected chi connectivity index (χ1v) is 12.8. The predicted molar refractivity (Wildman–Crippen MR) is 157 cm³/mol. The smallest absolute Gasteiger partial charge is 0.340 e. The number of benzene rings is 2. The maximum absolute atomic E-state index is 13.5. The molecule has 0 aliphatic heterocycles. The third-order valence-electron chi connectivity index (χ3n) is 6.22. The van der Waals surface area contributed by atoms with Gasteiger partial charge in [-0.3, -0.25) is 9.79 Å². The highest BCUT2D eigenvalue weighted by atomic mass is 16.6. The first kappa shape index (κ1) is 27.6. The number of anilines is 2. The zero-order valence-electron chi connectivity index (χ0n) is 23.4. The van der Waals surface area contributed by atoms with Gasteiger partial charge in [-0.15, -0.1) is 0 Å². The molecule has 0 spiro atoms. The van der Waals surface area contributed by atoms with E-state index in [1.165, 1.54) is 0 Å². The zero-order valence-corrected chi connectivity index (χ0v) is 23.4. The number of aliphatic imine (C=N–C) groups is 1. The number of aryl methyl sites for hydroxylation is 1. The molecule has 1 unspecified atom stereocenters. The quantitative estimate of drug-likeness (QED) is 0.226. The molecule has 0 aliphatic rings. The van der Waals surface area contributed by atoms with Crippen molar-refractivity contribution < 1.29 is 13.9 Å². The van der Waals surface area contributed by atoms with Gasteiger partial charge < -0.3 is 20.2 Å². The molecule has 0 fully saturated rings. The van der Waals surface area contributed by atoms with E-state index in [0.29, 0.717) is 50.6 Å². The van der Waals surface area contributed by atoms with Crippen LogP contribution in [0.5, 0.6) is 0 Å². The van der Waals surface area contributed by atoms with Gasteiger partial charge >= 0.3 is 5.97 Å². The monoisotopic (exact) mass is 526 g/mol. The molecule has 0 saturated carbocycles. The Hall–Kier alpha value is -4.46. The lowest BCUT2D eigenvalue weighted by atomic mass is 9.99. The summed E-state index contributed by atoms with van der Waals surface area (Å²) in [6.07, 6.45) is 1.57. The second-order valence-corrected chi connectivity index (χ2v) is 10.6. The summed E-state index contributed by atoms with van der Waals surface area (Å²) in [5.41, 5.74) is 10.4. The number of rotatable bonds is 6. The standard InChI is InChI=1S/C31H34N4O4/c1-17-14-21(19(3)34-24-11-9-8-10-20(24)30(37)39-31(4,5)6)29-22(15-17)27(36)18(2)28(38-29)25-13-12-23(32)26(35-25)16-33-7/h8-16,19,34H,32H2,1-7H3. The molecule has 2 heterocycles. The van der Waals surface area contributed by atoms with Crippen LogP contribution in [0.1, 0.15) is 66.5 Å². The lowest BCUT2D eigenvalue weighted by Gasteiger charge is -2.23. The fourth-order valence-corrected chi connectivity index (χ4v) is 4.40. The van der Waals surface area contributed by atoms with Gasteiger partial charge in [-0.2, -0.15) is 0 Å². The lowest BCUT2D eigenvalue weighted by Crippen LogP contribution is -2.24. The average molecular weight is 527 g/mol. The Morgan fingerprint density at radius 1 is 1.15 bits per heavy atom. The molecular formula is C31H34N4O4. The van der Waals surface area contributed by atoms with Crippen molar-refractivity contribution in [3.8, 4) is 11.5 Å². The van der Waals surface area contributed by atoms with E-state index in [9.17, 15) is 9.59 Å². The van der Waals surface area contributed by atoms with Crippen LogP contribution in [0.15, 0.2) is 62.7 Å². The van der Waals surface area contributed by atoms with Gasteiger partial charge in [-0.25, -0.2) is 9.78 Å². The molecule has 4 rings (SSSR count). The maximum Gasteiger partial charge on any atom is 0.340 e. The third-order valence-corrected chi connectivity index (χ3v) is 6.22. The molecule has 202 valence electrons. The first-order chi connectivity index (χ1) is 18.4. The summed E-state index contributed by atoms with van der Waals surface area (Å²) >= 11 is 0. The number of nitrogens with zero attached hydrogens (tertiary/aromatic N) is 2. The van der Waals surface area contributed by atoms with Gasteiger partial charge in [0.2, 0.25) is 0 Å². The summed E-state index contributed by atoms with van der Waals surface area (Å²) in [5, 5.41) is 3.90. The van der Waals surface area contributed by atoms with Crippen LogP contribution < -0.4 is 16.5 Å². The first-order valence-electron chi connectivity index (χ1n) is 12.8. The van der Waals surface area contributed by atoms with Gasteiger partial charge in [0.05, 0.1) is 22.7 Å². The molecule has 39 heavy (non-hydrogen) atoms. The summed E-state index contributed by atoms with van der Waals surface area (Å²) in [6, 6.07) is 14.1. The number of para-hydroxylation sites is 1. The molecule has 1 atom stereocenters. The summed E-state index contributed by atoms with van der Waals surface area (Å²) in [4.78, 5) is 35.0. The number of fused-ring (bicyclic) bond motifs is 1. The number of ether oxygens (including phenoxy) is 1. The minimum atomic E-state index is -0.626. The van der Waals surface area contributed by atoms with Crippen LogP contribution in [-0.4, -0.2) is 29.8 Å². The predicted octanol–water partition coefficient (Wildman–Crippen LogP) is 6.23. The van der Waals surface area contributed by atoms with E-state index in [-0.39, 0.29) is 11.5 Å². The molecule has 8 nitrogen and oxygen atoms in total. The summed E-state index contributed by atoms with van der Waals surface area (Å²) in [7, 11) is 1.64. The maximum atomic E-state index is 13.5. The number of nitrogens with one attached hydrogen (secondary N) is 1. The number of hydrogen-bond acceptors (Lipinski definition) is 8. The van der Waals surface area contributed by atoms with E-state index in [2.05, 4.69) is 15.3 Å². The Kier molecular flexibility index (Phi) is 7.58. The van der Waals surface area contributed by atoms with Crippen LogP contribution in [0.3, 0.4) is 0 Å². The highest BCUT2D eigenvalue weighted by molar-refractivity contribution is 5.96. The van der Waals surface area contributed by atoms with Crippen molar-refractivity contribution in [2.24, 2.45) is 4.99 Å². The van der Waals surface area contributed by atoms with Crippen molar-refractivity contribution in [2.75, 3.05) is 18.1 Å². The number of esters is 1. The number of carbonyl (C=O) groups is 1. The fourth-order valence-electron chi connectivity index (χ4n) is 4.40. The van der Waals surface area contributed by atoms with Crippen molar-refractivity contribution in [1.82, 2.24) is 4.98 Å². The third kappa shape index (κ3) is 5.85. The van der Waals surface area contributed by atoms with E-state index >= 15 is 0 Å². The second-order valence-electron chi connectivity index (χ2n) is 10.6. The molecular weight excluding hydrogens is 492 g/mol. The van der Waals surface area contributed by atoms with Gasteiger partial charge in [-0.05, 0) is 77.4 Å². The van der Waals surface area contributed by atoms with Crippen LogP contribution in [0.25, 0.3) is 22.4 Å². The number of hydrogen-bond donors (Lipinski definition) is 2. The van der Waals surface area contributed by atoms with Crippen molar-refractivity contribution in [1.29, 1.82) is 0 Å². The molecule has 0 aliphatic carbocycles. The SMILES string of the molecule is CN=Cc1nc(-c2oc3c(C(C)Nc4ccccc4C(=O)OC(C)(C)C)cc(C)cc3c(=O)c2C)ccc1N. The van der Waals surface area contributed by atoms with E-state index in [0.717, 1.165) is 11.1 Å². The molecule has 4 aromatic rings. The number of aromatic nitrogens is 1. The number of carbonyl (C=O) groups excluding carboxylic acids is 1. The Morgan fingerprint density at radius 3 is 2.56 bits per heavy atom. The molecule has 0 saturated heterocycles. The Balaban J connectivity index is 1.83. The Bertz CT molecular complexity index is 1650. The van der Waals surface area contributed by atoms with Crippen LogP contribution in [0, 0.1) is 13.8 Å². The topological polar surface area (TPSA) is 120 Å². The van der Waals surface area contributed by atoms with Gasteiger partial charge in [0.15, 0.2) is 11.2 Å². The van der Waals surface area contributed by atoms with Crippen molar-refractivity contribution in [3.63, 3.8) is 0 Å². The minimum absolute atomic E-state index is 0.137. The molecule has 0 bridgehead atoms. The minimum Gasteiger partial charge on any atom is -0.456 e. The average Bonchev–Trinajstić information content (AvgIpc) is 2.87. The lowest BCUT2D eigenvalue weighted by molar-refractivity contribution is 0.00706. The summed E-state index contributed by atoms with van der Waals surface area (Å²) < 4.78 is 12.0. The number of nitrogens with two attached hydrogens (primary N) is 1. The molecule has 8 heteroatoms. The highest BCUT2D eigenvalue weighted by Crippen LogP contribution is 2.33. The Labute approximate surface area is 227 Å². The van der Waals surface area contributed by atoms with Gasteiger partial charge in [-0.1, -0.05) is 18.2 Å². The molecule has 3 N–H and O–H groups in total. The van der Waals surface area contributed by atoms with E-state index in [1.54, 1.807) is 44.5 Å². The summed E-state index contributed by atoms with van der Waals surface area (Å²) in [5.74, 6) is -0.0538. The van der Waals surface area contributed by atoms with E-state index < -0.39 is 11.6 Å². The molecule has 2 aromatic heterocycles.